The Morgan fingerprint density at radius 1 is 1.29 bits per heavy atom. The highest BCUT2D eigenvalue weighted by Gasteiger charge is 2.54. The molecule has 2 heterocycles. The van der Waals surface area contributed by atoms with E-state index in [4.69, 9.17) is 4.74 Å². The van der Waals surface area contributed by atoms with E-state index in [0.717, 1.165) is 36.9 Å². The molecule has 1 aromatic carbocycles. The molecule has 0 bridgehead atoms. The van der Waals surface area contributed by atoms with Gasteiger partial charge >= 0.3 is 0 Å². The standard InChI is InChI=1S/C26H35N3O5S/c1-18(2)14-21-10-9-19(3)15-22(21)34-26(11-12-26)25(31)28-35(32,33)24-8-4-7-23(27-24)29-13-5-6-20(16-29)17-30/h4,7-10,15,18,20,30H,5-6,11-14,16-17H2,1-3H3,(H,28,31)/t20-/m1/s1. The molecule has 2 aromatic rings. The molecule has 0 unspecified atom stereocenters. The average Bonchev–Trinajstić information content (AvgIpc) is 3.61. The van der Waals surface area contributed by atoms with Gasteiger partial charge in [0, 0.05) is 32.5 Å². The first kappa shape index (κ1) is 25.4. The fourth-order valence-electron chi connectivity index (χ4n) is 4.48. The normalized spacial score (nSPS) is 19.5. The van der Waals surface area contributed by atoms with Crippen LogP contribution in [0.15, 0.2) is 41.4 Å². The van der Waals surface area contributed by atoms with Crippen LogP contribution in [0.4, 0.5) is 5.82 Å². The van der Waals surface area contributed by atoms with Crippen LogP contribution in [0.3, 0.4) is 0 Å². The Morgan fingerprint density at radius 2 is 2.06 bits per heavy atom. The number of amides is 1. The van der Waals surface area contributed by atoms with Crippen LogP contribution in [-0.4, -0.2) is 49.7 Å². The molecule has 2 aliphatic rings. The number of hydrogen-bond acceptors (Lipinski definition) is 7. The van der Waals surface area contributed by atoms with Crippen molar-refractivity contribution in [3.05, 3.63) is 47.5 Å². The number of aliphatic hydroxyl groups excluding tert-OH is 1. The van der Waals surface area contributed by atoms with E-state index in [0.29, 0.717) is 36.9 Å². The summed E-state index contributed by atoms with van der Waals surface area (Å²) in [4.78, 5) is 19.4. The fourth-order valence-corrected chi connectivity index (χ4v) is 5.49. The highest BCUT2D eigenvalue weighted by molar-refractivity contribution is 7.90. The predicted molar refractivity (Wildman–Crippen MR) is 134 cm³/mol. The van der Waals surface area contributed by atoms with Gasteiger partial charge in [-0.2, -0.15) is 8.42 Å². The Morgan fingerprint density at radius 3 is 2.74 bits per heavy atom. The third-order valence-corrected chi connectivity index (χ3v) is 7.82. The molecule has 4 rings (SSSR count). The van der Waals surface area contributed by atoms with Gasteiger partial charge in [0.25, 0.3) is 15.9 Å². The zero-order valence-corrected chi connectivity index (χ0v) is 21.5. The summed E-state index contributed by atoms with van der Waals surface area (Å²) in [6, 6.07) is 10.7. The maximum atomic E-state index is 13.1. The lowest BCUT2D eigenvalue weighted by Crippen LogP contribution is -2.44. The minimum Gasteiger partial charge on any atom is -0.477 e. The number of aryl methyl sites for hydroxylation is 1. The second-order valence-corrected chi connectivity index (χ2v) is 11.8. The number of sulfonamides is 1. The molecule has 8 nitrogen and oxygen atoms in total. The molecular weight excluding hydrogens is 466 g/mol. The van der Waals surface area contributed by atoms with Crippen LogP contribution in [0.5, 0.6) is 5.75 Å². The number of nitrogens with zero attached hydrogens (tertiary/aromatic N) is 2. The lowest BCUT2D eigenvalue weighted by molar-refractivity contribution is -0.127. The maximum Gasteiger partial charge on any atom is 0.281 e. The summed E-state index contributed by atoms with van der Waals surface area (Å²) in [5.74, 6) is 1.04. The van der Waals surface area contributed by atoms with Crippen LogP contribution in [0.1, 0.15) is 50.7 Å². The number of piperidine rings is 1. The summed E-state index contributed by atoms with van der Waals surface area (Å²) in [6.07, 6.45) is 3.54. The predicted octanol–water partition coefficient (Wildman–Crippen LogP) is 3.21. The number of hydrogen-bond donors (Lipinski definition) is 2. The van der Waals surface area contributed by atoms with Crippen molar-refractivity contribution < 1.29 is 23.1 Å². The molecule has 35 heavy (non-hydrogen) atoms. The van der Waals surface area contributed by atoms with Gasteiger partial charge in [0.15, 0.2) is 10.6 Å². The lowest BCUT2D eigenvalue weighted by Gasteiger charge is -2.32. The van der Waals surface area contributed by atoms with Gasteiger partial charge in [-0.05, 0) is 67.3 Å². The number of ether oxygens (including phenoxy) is 1. The van der Waals surface area contributed by atoms with Gasteiger partial charge in [-0.1, -0.05) is 32.0 Å². The van der Waals surface area contributed by atoms with E-state index in [1.807, 2.05) is 30.0 Å². The van der Waals surface area contributed by atoms with E-state index in [-0.39, 0.29) is 17.6 Å². The Labute approximate surface area is 207 Å². The molecule has 0 radical (unpaired) electrons. The largest absolute Gasteiger partial charge is 0.477 e. The number of aliphatic hydroxyl groups is 1. The number of anilines is 1. The number of benzene rings is 1. The van der Waals surface area contributed by atoms with E-state index in [9.17, 15) is 18.3 Å². The van der Waals surface area contributed by atoms with E-state index in [1.54, 1.807) is 12.1 Å². The van der Waals surface area contributed by atoms with E-state index in [1.165, 1.54) is 6.07 Å². The van der Waals surface area contributed by atoms with Crippen molar-refractivity contribution in [2.45, 2.75) is 63.5 Å². The van der Waals surface area contributed by atoms with Crippen molar-refractivity contribution in [3.8, 4) is 5.75 Å². The van der Waals surface area contributed by atoms with Gasteiger partial charge in [-0.3, -0.25) is 4.79 Å². The zero-order chi connectivity index (χ0) is 25.2. The van der Waals surface area contributed by atoms with Crippen LogP contribution in [-0.2, 0) is 21.2 Å². The Kier molecular flexibility index (Phi) is 7.38. The molecule has 1 saturated carbocycles. The van der Waals surface area contributed by atoms with Crippen molar-refractivity contribution in [1.82, 2.24) is 9.71 Å². The van der Waals surface area contributed by atoms with E-state index in [2.05, 4.69) is 23.6 Å². The summed E-state index contributed by atoms with van der Waals surface area (Å²) >= 11 is 0. The van der Waals surface area contributed by atoms with Gasteiger partial charge in [0.1, 0.15) is 11.6 Å². The quantitative estimate of drug-likeness (QED) is 0.543. The summed E-state index contributed by atoms with van der Waals surface area (Å²) in [7, 11) is -4.18. The number of rotatable bonds is 9. The Balaban J connectivity index is 1.50. The monoisotopic (exact) mass is 501 g/mol. The van der Waals surface area contributed by atoms with Crippen molar-refractivity contribution in [2.75, 3.05) is 24.6 Å². The summed E-state index contributed by atoms with van der Waals surface area (Å²) < 4.78 is 34.6. The van der Waals surface area contributed by atoms with Gasteiger partial charge < -0.3 is 14.7 Å². The Hall–Kier alpha value is -2.65. The number of carbonyl (C=O) groups excluding carboxylic acids is 1. The highest BCUT2D eigenvalue weighted by atomic mass is 32.2. The smallest absolute Gasteiger partial charge is 0.281 e. The lowest BCUT2D eigenvalue weighted by atomic mass is 9.99. The molecule has 2 N–H and O–H groups in total. The molecule has 1 aliphatic heterocycles. The summed E-state index contributed by atoms with van der Waals surface area (Å²) in [6.45, 7) is 7.64. The fraction of sp³-hybridized carbons (Fsp3) is 0.538. The molecule has 1 saturated heterocycles. The molecule has 1 amide bonds. The highest BCUT2D eigenvalue weighted by Crippen LogP contribution is 2.42. The van der Waals surface area contributed by atoms with Crippen LogP contribution in [0, 0.1) is 18.8 Å². The topological polar surface area (TPSA) is 109 Å². The number of aromatic nitrogens is 1. The SMILES string of the molecule is Cc1ccc(CC(C)C)c(OC2(C(=O)NS(=O)(=O)c3cccc(N4CCC[C@@H](CO)C4)n3)CC2)c1. The average molecular weight is 502 g/mol. The molecule has 190 valence electrons. The van der Waals surface area contributed by atoms with Crippen LogP contribution in [0.2, 0.25) is 0 Å². The van der Waals surface area contributed by atoms with Gasteiger partial charge in [-0.15, -0.1) is 0 Å². The van der Waals surface area contributed by atoms with Crippen molar-refractivity contribution >= 4 is 21.7 Å². The minimum atomic E-state index is -4.18. The third-order valence-electron chi connectivity index (χ3n) is 6.59. The first-order valence-electron chi connectivity index (χ1n) is 12.3. The molecule has 0 spiro atoms. The van der Waals surface area contributed by atoms with Crippen LogP contribution >= 0.6 is 0 Å². The molecule has 9 heteroatoms. The minimum absolute atomic E-state index is 0.0897. The number of nitrogens with one attached hydrogen (secondary N) is 1. The number of carbonyl (C=O) groups is 1. The molecule has 1 atom stereocenters. The first-order chi connectivity index (χ1) is 16.6. The molecular formula is C26H35N3O5S. The second kappa shape index (κ2) is 10.1. The molecule has 2 fully saturated rings. The Bertz CT molecular complexity index is 1180. The van der Waals surface area contributed by atoms with Crippen molar-refractivity contribution in [1.29, 1.82) is 0 Å². The zero-order valence-electron chi connectivity index (χ0n) is 20.7. The van der Waals surface area contributed by atoms with E-state index < -0.39 is 21.5 Å². The third kappa shape index (κ3) is 5.95. The van der Waals surface area contributed by atoms with E-state index >= 15 is 0 Å². The van der Waals surface area contributed by atoms with Crippen molar-refractivity contribution in [2.24, 2.45) is 11.8 Å². The molecule has 1 aromatic heterocycles. The molecule has 1 aliphatic carbocycles. The van der Waals surface area contributed by atoms with Crippen LogP contribution in [0.25, 0.3) is 0 Å². The number of pyridine rings is 1. The second-order valence-electron chi connectivity index (χ2n) is 10.2. The summed E-state index contributed by atoms with van der Waals surface area (Å²) in [5.41, 5.74) is 0.828. The van der Waals surface area contributed by atoms with Crippen molar-refractivity contribution in [3.63, 3.8) is 0 Å². The first-order valence-corrected chi connectivity index (χ1v) is 13.8. The maximum absolute atomic E-state index is 13.1. The van der Waals surface area contributed by atoms with Crippen LogP contribution < -0.4 is 14.4 Å². The summed E-state index contributed by atoms with van der Waals surface area (Å²) in [5, 5.41) is 9.29. The van der Waals surface area contributed by atoms with Gasteiger partial charge in [-0.25, -0.2) is 9.71 Å². The van der Waals surface area contributed by atoms with Gasteiger partial charge in [0.2, 0.25) is 0 Å². The van der Waals surface area contributed by atoms with Gasteiger partial charge in [0.05, 0.1) is 0 Å².